The minimum absolute atomic E-state index is 0.152. The Balaban J connectivity index is 3.52. The highest BCUT2D eigenvalue weighted by atomic mass is 32.2. The standard InChI is InChI=1S/C7H8F2N2O2S/c1-4-2-3-11-7(14(10,12)13)5(4)6(8)9/h2-3,6H,1H3,(H2,10,12,13). The summed E-state index contributed by atoms with van der Waals surface area (Å²) in [7, 11) is -4.19. The molecule has 0 aliphatic rings. The first-order valence-electron chi connectivity index (χ1n) is 3.60. The van der Waals surface area contributed by atoms with Crippen LogP contribution in [0.3, 0.4) is 0 Å². The number of nitrogens with two attached hydrogens (primary N) is 1. The van der Waals surface area contributed by atoms with Crippen molar-refractivity contribution in [3.05, 3.63) is 23.4 Å². The molecule has 78 valence electrons. The maximum Gasteiger partial charge on any atom is 0.266 e. The van der Waals surface area contributed by atoms with E-state index in [-0.39, 0.29) is 5.56 Å². The van der Waals surface area contributed by atoms with Crippen LogP contribution in [0.2, 0.25) is 0 Å². The van der Waals surface area contributed by atoms with Gasteiger partial charge < -0.3 is 0 Å². The van der Waals surface area contributed by atoms with E-state index in [0.717, 1.165) is 6.20 Å². The Morgan fingerprint density at radius 1 is 1.50 bits per heavy atom. The summed E-state index contributed by atoms with van der Waals surface area (Å²) in [4.78, 5) is 3.34. The molecule has 1 rings (SSSR count). The quantitative estimate of drug-likeness (QED) is 0.810. The number of primary sulfonamides is 1. The van der Waals surface area contributed by atoms with Gasteiger partial charge in [-0.15, -0.1) is 0 Å². The van der Waals surface area contributed by atoms with E-state index in [0.29, 0.717) is 0 Å². The molecule has 0 atom stereocenters. The van der Waals surface area contributed by atoms with Crippen LogP contribution in [0.4, 0.5) is 8.78 Å². The molecule has 14 heavy (non-hydrogen) atoms. The fourth-order valence-corrected chi connectivity index (χ4v) is 1.80. The van der Waals surface area contributed by atoms with Crippen LogP contribution < -0.4 is 5.14 Å². The van der Waals surface area contributed by atoms with Gasteiger partial charge in [0, 0.05) is 6.20 Å². The number of pyridine rings is 1. The largest absolute Gasteiger partial charge is 0.266 e. The van der Waals surface area contributed by atoms with E-state index in [9.17, 15) is 17.2 Å². The summed E-state index contributed by atoms with van der Waals surface area (Å²) in [5.74, 6) is 0. The number of hydrogen-bond acceptors (Lipinski definition) is 3. The van der Waals surface area contributed by atoms with Gasteiger partial charge in [0.25, 0.3) is 16.4 Å². The molecule has 1 heterocycles. The highest BCUT2D eigenvalue weighted by Gasteiger charge is 2.23. The Labute approximate surface area is 79.8 Å². The molecule has 1 aromatic rings. The number of alkyl halides is 2. The lowest BCUT2D eigenvalue weighted by atomic mass is 10.2. The SMILES string of the molecule is Cc1ccnc(S(N)(=O)=O)c1C(F)F. The first kappa shape index (κ1) is 11.0. The topological polar surface area (TPSA) is 73.0 Å². The molecular formula is C7H8F2N2O2S. The zero-order valence-corrected chi connectivity index (χ0v) is 8.05. The third-order valence-electron chi connectivity index (χ3n) is 1.66. The molecule has 0 aliphatic heterocycles. The smallest absolute Gasteiger partial charge is 0.243 e. The molecule has 0 unspecified atom stereocenters. The van der Waals surface area contributed by atoms with Crippen molar-refractivity contribution in [2.45, 2.75) is 18.4 Å². The van der Waals surface area contributed by atoms with Gasteiger partial charge in [0.05, 0.1) is 5.56 Å². The molecule has 0 bridgehead atoms. The number of halogens is 2. The minimum atomic E-state index is -4.19. The van der Waals surface area contributed by atoms with Gasteiger partial charge in [-0.3, -0.25) is 0 Å². The molecule has 0 fully saturated rings. The van der Waals surface area contributed by atoms with Gasteiger partial charge in [0.2, 0.25) is 0 Å². The number of sulfonamides is 1. The van der Waals surface area contributed by atoms with Gasteiger partial charge in [0.1, 0.15) is 0 Å². The summed E-state index contributed by atoms with van der Waals surface area (Å²) in [6.07, 6.45) is -1.78. The molecule has 0 saturated carbocycles. The normalized spacial score (nSPS) is 12.1. The Morgan fingerprint density at radius 3 is 2.43 bits per heavy atom. The van der Waals surface area contributed by atoms with Crippen molar-refractivity contribution in [3.8, 4) is 0 Å². The molecule has 0 spiro atoms. The molecule has 4 nitrogen and oxygen atoms in total. The molecule has 0 aromatic carbocycles. The molecule has 0 radical (unpaired) electrons. The fourth-order valence-electron chi connectivity index (χ4n) is 1.04. The Hall–Kier alpha value is -1.08. The highest BCUT2D eigenvalue weighted by molar-refractivity contribution is 7.89. The van der Waals surface area contributed by atoms with E-state index in [1.54, 1.807) is 0 Å². The maximum atomic E-state index is 12.5. The molecule has 7 heteroatoms. The zero-order chi connectivity index (χ0) is 10.9. The lowest BCUT2D eigenvalue weighted by Crippen LogP contribution is -2.17. The van der Waals surface area contributed by atoms with Crippen molar-refractivity contribution in [3.63, 3.8) is 0 Å². The summed E-state index contributed by atoms with van der Waals surface area (Å²) >= 11 is 0. The Bertz CT molecular complexity index is 445. The van der Waals surface area contributed by atoms with Gasteiger partial charge in [-0.1, -0.05) is 0 Å². The molecule has 0 saturated heterocycles. The molecule has 0 amide bonds. The van der Waals surface area contributed by atoms with Crippen LogP contribution in [0.1, 0.15) is 17.6 Å². The zero-order valence-electron chi connectivity index (χ0n) is 7.24. The van der Waals surface area contributed by atoms with Gasteiger partial charge in [0.15, 0.2) is 5.03 Å². The molecule has 1 aromatic heterocycles. The first-order valence-corrected chi connectivity index (χ1v) is 5.15. The van der Waals surface area contributed by atoms with Crippen molar-refractivity contribution in [1.29, 1.82) is 0 Å². The van der Waals surface area contributed by atoms with Crippen LogP contribution in [0, 0.1) is 6.92 Å². The van der Waals surface area contributed by atoms with Gasteiger partial charge >= 0.3 is 0 Å². The molecular weight excluding hydrogens is 214 g/mol. The number of aromatic nitrogens is 1. The average molecular weight is 222 g/mol. The van der Waals surface area contributed by atoms with Crippen LogP contribution in [-0.2, 0) is 10.0 Å². The Morgan fingerprint density at radius 2 is 2.07 bits per heavy atom. The monoisotopic (exact) mass is 222 g/mol. The van der Waals surface area contributed by atoms with Crippen LogP contribution in [0.15, 0.2) is 17.3 Å². The second-order valence-corrected chi connectivity index (χ2v) is 4.17. The molecule has 2 N–H and O–H groups in total. The lowest BCUT2D eigenvalue weighted by Gasteiger charge is -2.08. The first-order chi connectivity index (χ1) is 6.34. The highest BCUT2D eigenvalue weighted by Crippen LogP contribution is 2.26. The van der Waals surface area contributed by atoms with E-state index in [2.05, 4.69) is 4.98 Å². The van der Waals surface area contributed by atoms with Crippen LogP contribution in [0.25, 0.3) is 0 Å². The van der Waals surface area contributed by atoms with Crippen LogP contribution in [-0.4, -0.2) is 13.4 Å². The van der Waals surface area contributed by atoms with Gasteiger partial charge in [-0.05, 0) is 18.6 Å². The molecule has 0 aliphatic carbocycles. The predicted octanol–water partition coefficient (Wildman–Crippen LogP) is 0.975. The van der Waals surface area contributed by atoms with E-state index >= 15 is 0 Å². The van der Waals surface area contributed by atoms with Crippen molar-refractivity contribution in [2.24, 2.45) is 5.14 Å². The minimum Gasteiger partial charge on any atom is -0.243 e. The summed E-state index contributed by atoms with van der Waals surface area (Å²) in [5.41, 5.74) is -0.478. The fraction of sp³-hybridized carbons (Fsp3) is 0.286. The summed E-state index contributed by atoms with van der Waals surface area (Å²) in [6.45, 7) is 1.37. The average Bonchev–Trinajstić information content (AvgIpc) is 2.01. The third kappa shape index (κ3) is 2.05. The third-order valence-corrected chi connectivity index (χ3v) is 2.52. The summed E-state index contributed by atoms with van der Waals surface area (Å²) < 4.78 is 46.7. The van der Waals surface area contributed by atoms with E-state index in [1.165, 1.54) is 13.0 Å². The summed E-state index contributed by atoms with van der Waals surface area (Å²) in [6, 6.07) is 1.30. The number of hydrogen-bond donors (Lipinski definition) is 1. The summed E-state index contributed by atoms with van der Waals surface area (Å²) in [5, 5.41) is 3.98. The van der Waals surface area contributed by atoms with Crippen molar-refractivity contribution < 1.29 is 17.2 Å². The van der Waals surface area contributed by atoms with Gasteiger partial charge in [-0.25, -0.2) is 27.3 Å². The lowest BCUT2D eigenvalue weighted by molar-refractivity contribution is 0.146. The number of aryl methyl sites for hydroxylation is 1. The van der Waals surface area contributed by atoms with Crippen LogP contribution >= 0.6 is 0 Å². The maximum absolute atomic E-state index is 12.5. The van der Waals surface area contributed by atoms with Crippen molar-refractivity contribution in [2.75, 3.05) is 0 Å². The van der Waals surface area contributed by atoms with Crippen LogP contribution in [0.5, 0.6) is 0 Å². The predicted molar refractivity (Wildman–Crippen MR) is 45.3 cm³/mol. The Kier molecular flexibility index (Phi) is 2.81. The number of nitrogens with zero attached hydrogens (tertiary/aromatic N) is 1. The second kappa shape index (κ2) is 3.58. The van der Waals surface area contributed by atoms with Gasteiger partial charge in [-0.2, -0.15) is 0 Å². The van der Waals surface area contributed by atoms with E-state index < -0.39 is 27.0 Å². The number of rotatable bonds is 2. The van der Waals surface area contributed by atoms with E-state index in [4.69, 9.17) is 5.14 Å². The van der Waals surface area contributed by atoms with E-state index in [1.807, 2.05) is 0 Å². The van der Waals surface area contributed by atoms with Crippen molar-refractivity contribution in [1.82, 2.24) is 4.98 Å². The second-order valence-electron chi connectivity index (χ2n) is 2.69. The van der Waals surface area contributed by atoms with Crippen molar-refractivity contribution >= 4 is 10.0 Å².